The molecular weight excluding hydrogens is 603 g/mol. The van der Waals surface area contributed by atoms with Crippen molar-refractivity contribution >= 4 is 27.6 Å². The van der Waals surface area contributed by atoms with Crippen molar-refractivity contribution in [3.63, 3.8) is 0 Å². The predicted molar refractivity (Wildman–Crippen MR) is 195 cm³/mol. The number of benzene rings is 1. The summed E-state index contributed by atoms with van der Waals surface area (Å²) in [4.78, 5) is 12.1. The normalized spacial score (nSPS) is 21.5. The second-order valence-corrected chi connectivity index (χ2v) is 27.0. The van der Waals surface area contributed by atoms with E-state index in [0.717, 1.165) is 65.1 Å². The highest BCUT2D eigenvalue weighted by atomic mass is 28.3. The van der Waals surface area contributed by atoms with Crippen molar-refractivity contribution in [2.75, 3.05) is 31.6 Å². The Kier molecular flexibility index (Phi) is 8.31. The standard InChI is InChI=1S/C37H53N5O2Si2/c1-45(2,3)18-16-43-26-41(27-44-17-19-46(4,5)6)36-23-35(32-21-28-12-13-29(20-28)22-32)40-37-33(25-39-42(36)37)31-14-15-34(38-24-31)30-10-8-7-9-11-30/h7-11,14-15,23-25,28-29,32H,12-13,16-22,26-27H2,1-6H3/i7D,8D,9D,10D,11D. The number of hydrogen-bond donors (Lipinski definition) is 0. The van der Waals surface area contributed by atoms with Gasteiger partial charge in [-0.1, -0.05) is 88.4 Å². The molecule has 0 radical (unpaired) electrons. The summed E-state index contributed by atoms with van der Waals surface area (Å²) in [5.41, 5.74) is 3.80. The van der Waals surface area contributed by atoms with Gasteiger partial charge in [0.1, 0.15) is 19.3 Å². The number of nitrogens with zero attached hydrogens (tertiary/aromatic N) is 5. The fourth-order valence-electron chi connectivity index (χ4n) is 6.71. The number of fused-ring (bicyclic) bond motifs is 3. The molecule has 2 saturated carbocycles. The third-order valence-corrected chi connectivity index (χ3v) is 12.8. The molecule has 2 atom stereocenters. The smallest absolute Gasteiger partial charge is 0.165 e. The topological polar surface area (TPSA) is 64.8 Å². The number of ether oxygens (including phenoxy) is 2. The molecule has 2 aliphatic carbocycles. The van der Waals surface area contributed by atoms with Crippen LogP contribution in [-0.4, -0.2) is 62.4 Å². The molecule has 3 heterocycles. The summed E-state index contributed by atoms with van der Waals surface area (Å²) in [5.74, 6) is 2.77. The van der Waals surface area contributed by atoms with Crippen LogP contribution in [0.4, 0.5) is 5.82 Å². The molecule has 2 fully saturated rings. The summed E-state index contributed by atoms with van der Waals surface area (Å²) < 4.78 is 55.6. The Balaban J connectivity index is 1.39. The van der Waals surface area contributed by atoms with Gasteiger partial charge in [-0.25, -0.2) is 4.98 Å². The van der Waals surface area contributed by atoms with Gasteiger partial charge in [0.05, 0.1) is 18.7 Å². The summed E-state index contributed by atoms with van der Waals surface area (Å²) in [6, 6.07) is 6.24. The van der Waals surface area contributed by atoms with Crippen molar-refractivity contribution in [3.05, 3.63) is 66.5 Å². The van der Waals surface area contributed by atoms with Crippen LogP contribution in [0.5, 0.6) is 0 Å². The minimum atomic E-state index is -1.27. The van der Waals surface area contributed by atoms with E-state index in [1.807, 2.05) is 16.8 Å². The van der Waals surface area contributed by atoms with Gasteiger partial charge in [0.2, 0.25) is 0 Å². The fourth-order valence-corrected chi connectivity index (χ4v) is 8.22. The van der Waals surface area contributed by atoms with Crippen LogP contribution in [0.15, 0.2) is 60.8 Å². The lowest BCUT2D eigenvalue weighted by Crippen LogP contribution is -2.33. The minimum absolute atomic E-state index is 0.0842. The van der Waals surface area contributed by atoms with Gasteiger partial charge in [-0.05, 0) is 49.3 Å². The highest BCUT2D eigenvalue weighted by Gasteiger charge is 2.36. The van der Waals surface area contributed by atoms with Crippen LogP contribution in [0.2, 0.25) is 51.4 Å². The Labute approximate surface area is 284 Å². The van der Waals surface area contributed by atoms with Crippen molar-refractivity contribution in [3.8, 4) is 22.4 Å². The summed E-state index contributed by atoms with van der Waals surface area (Å²) in [7, 11) is -2.54. The molecule has 0 spiro atoms. The lowest BCUT2D eigenvalue weighted by molar-refractivity contribution is 0.0942. The molecule has 2 aliphatic rings. The van der Waals surface area contributed by atoms with Crippen LogP contribution in [0.25, 0.3) is 28.0 Å². The van der Waals surface area contributed by atoms with Gasteiger partial charge in [0.15, 0.2) is 5.65 Å². The Hall–Kier alpha value is -2.86. The van der Waals surface area contributed by atoms with Crippen LogP contribution in [0.1, 0.15) is 50.6 Å². The van der Waals surface area contributed by atoms with Gasteiger partial charge in [-0.3, -0.25) is 4.98 Å². The molecule has 1 aromatic carbocycles. The second-order valence-electron chi connectivity index (χ2n) is 15.7. The zero-order chi connectivity index (χ0) is 36.7. The number of pyridine rings is 1. The van der Waals surface area contributed by atoms with E-state index in [4.69, 9.17) is 26.4 Å². The molecule has 0 saturated heterocycles. The maximum absolute atomic E-state index is 8.42. The van der Waals surface area contributed by atoms with E-state index in [1.54, 1.807) is 12.3 Å². The van der Waals surface area contributed by atoms with Gasteiger partial charge in [0, 0.05) is 69.9 Å². The van der Waals surface area contributed by atoms with Gasteiger partial charge in [0.25, 0.3) is 0 Å². The molecule has 46 heavy (non-hydrogen) atoms. The number of anilines is 1. The van der Waals surface area contributed by atoms with E-state index < -0.39 is 22.2 Å². The summed E-state index contributed by atoms with van der Waals surface area (Å²) in [5, 5.41) is 4.88. The van der Waals surface area contributed by atoms with Crippen LogP contribution in [0, 0.1) is 11.8 Å². The van der Waals surface area contributed by atoms with E-state index in [0.29, 0.717) is 38.3 Å². The first-order valence-electron chi connectivity index (χ1n) is 19.4. The van der Waals surface area contributed by atoms with Crippen molar-refractivity contribution in [1.29, 1.82) is 0 Å². The van der Waals surface area contributed by atoms with E-state index in [9.17, 15) is 0 Å². The molecule has 0 amide bonds. The number of hydrogen-bond acceptors (Lipinski definition) is 6. The molecule has 9 heteroatoms. The van der Waals surface area contributed by atoms with Crippen molar-refractivity contribution in [1.82, 2.24) is 19.6 Å². The molecule has 7 nitrogen and oxygen atoms in total. The van der Waals surface area contributed by atoms with E-state index >= 15 is 0 Å². The Morgan fingerprint density at radius 1 is 0.848 bits per heavy atom. The van der Waals surface area contributed by atoms with Crippen LogP contribution in [-0.2, 0) is 9.47 Å². The van der Waals surface area contributed by atoms with E-state index in [1.165, 1.54) is 19.3 Å². The van der Waals surface area contributed by atoms with Crippen molar-refractivity contribution in [2.24, 2.45) is 11.8 Å². The molecule has 2 bridgehead atoms. The van der Waals surface area contributed by atoms with Gasteiger partial charge < -0.3 is 14.4 Å². The first-order valence-corrected chi connectivity index (χ1v) is 24.3. The van der Waals surface area contributed by atoms with E-state index in [2.05, 4.69) is 55.2 Å². The van der Waals surface area contributed by atoms with E-state index in [-0.39, 0.29) is 29.7 Å². The van der Waals surface area contributed by atoms with Crippen LogP contribution in [0.3, 0.4) is 0 Å². The Morgan fingerprint density at radius 3 is 2.09 bits per heavy atom. The molecule has 3 aromatic heterocycles. The molecule has 0 N–H and O–H groups in total. The van der Waals surface area contributed by atoms with Crippen molar-refractivity contribution in [2.45, 2.75) is 89.4 Å². The fraction of sp³-hybridized carbons (Fsp3) is 0.541. The first kappa shape index (κ1) is 27.1. The highest BCUT2D eigenvalue weighted by molar-refractivity contribution is 6.76. The quantitative estimate of drug-likeness (QED) is 0.0764. The lowest BCUT2D eigenvalue weighted by atomic mass is 9.79. The summed E-state index contributed by atoms with van der Waals surface area (Å²) in [6.07, 6.45) is 9.74. The molecule has 0 aliphatic heterocycles. The number of aromatic nitrogens is 4. The van der Waals surface area contributed by atoms with Gasteiger partial charge in [-0.2, -0.15) is 9.61 Å². The highest BCUT2D eigenvalue weighted by Crippen LogP contribution is 2.48. The zero-order valence-electron chi connectivity index (χ0n) is 33.4. The monoisotopic (exact) mass is 660 g/mol. The first-order chi connectivity index (χ1) is 24.1. The second kappa shape index (κ2) is 14.1. The molecule has 6 rings (SSSR count). The van der Waals surface area contributed by atoms with Crippen molar-refractivity contribution < 1.29 is 16.3 Å². The average molecular weight is 661 g/mol. The SMILES string of the molecule is [2H]c1c([2H])c([2H])c(-c2ccc(-c3cnn4c(N(COCC[Si](C)(C)C)COCC[Si](C)(C)C)cc(C5CC6CCC(C6)C5)nc34)cn2)c([2H])c1[2H]. The molecular formula is C37H53N5O2Si2. The molecule has 2 unspecified atom stereocenters. The predicted octanol–water partition coefficient (Wildman–Crippen LogP) is 9.18. The maximum Gasteiger partial charge on any atom is 0.165 e. The Bertz CT molecular complexity index is 1800. The van der Waals surface area contributed by atoms with Gasteiger partial charge >= 0.3 is 0 Å². The summed E-state index contributed by atoms with van der Waals surface area (Å²) in [6.45, 7) is 16.3. The lowest BCUT2D eigenvalue weighted by Gasteiger charge is -2.30. The minimum Gasteiger partial charge on any atom is -0.361 e. The summed E-state index contributed by atoms with van der Waals surface area (Å²) >= 11 is 0. The zero-order valence-corrected chi connectivity index (χ0v) is 30.4. The maximum atomic E-state index is 8.42. The van der Waals surface area contributed by atoms with Gasteiger partial charge in [-0.15, -0.1) is 0 Å². The third kappa shape index (κ3) is 8.34. The number of rotatable bonds is 14. The average Bonchev–Trinajstić information content (AvgIpc) is 3.66. The largest absolute Gasteiger partial charge is 0.361 e. The van der Waals surface area contributed by atoms with Crippen LogP contribution < -0.4 is 4.90 Å². The van der Waals surface area contributed by atoms with Crippen LogP contribution >= 0.6 is 0 Å². The third-order valence-electron chi connectivity index (χ3n) is 9.42. The molecule has 246 valence electrons. The Morgan fingerprint density at radius 2 is 1.50 bits per heavy atom. The molecule has 4 aromatic rings.